The molecule has 0 aliphatic carbocycles. The Kier molecular flexibility index (Phi) is 6.21. The van der Waals surface area contributed by atoms with Gasteiger partial charge in [-0.15, -0.1) is 11.3 Å². The summed E-state index contributed by atoms with van der Waals surface area (Å²) in [6, 6.07) is 8.59. The molecule has 1 aliphatic rings. The van der Waals surface area contributed by atoms with Crippen LogP contribution >= 0.6 is 11.3 Å². The van der Waals surface area contributed by atoms with Crippen LogP contribution in [0, 0.1) is 19.8 Å². The SMILES string of the molecule is Cc1ccccc1CN1CCC(CNC(=O)CCc2scnc2C)C1. The average molecular weight is 358 g/mol. The van der Waals surface area contributed by atoms with Gasteiger partial charge in [0.2, 0.25) is 5.91 Å². The monoisotopic (exact) mass is 357 g/mol. The van der Waals surface area contributed by atoms with Crippen LogP contribution in [0.5, 0.6) is 0 Å². The molecule has 1 saturated heterocycles. The number of likely N-dealkylation sites (tertiary alicyclic amines) is 1. The molecule has 1 aromatic carbocycles. The highest BCUT2D eigenvalue weighted by Gasteiger charge is 2.23. The minimum absolute atomic E-state index is 0.158. The maximum absolute atomic E-state index is 12.1. The summed E-state index contributed by atoms with van der Waals surface area (Å²) in [5, 5.41) is 3.12. The van der Waals surface area contributed by atoms with Crippen LogP contribution in [-0.4, -0.2) is 35.4 Å². The predicted octanol–water partition coefficient (Wildman–Crippen LogP) is 3.33. The largest absolute Gasteiger partial charge is 0.356 e. The lowest BCUT2D eigenvalue weighted by molar-refractivity contribution is -0.121. The molecule has 0 bridgehead atoms. The molecule has 1 N–H and O–H groups in total. The highest BCUT2D eigenvalue weighted by Crippen LogP contribution is 2.20. The van der Waals surface area contributed by atoms with E-state index in [2.05, 4.69) is 46.4 Å². The molecular formula is C20H27N3OS. The molecule has 0 saturated carbocycles. The lowest BCUT2D eigenvalue weighted by Gasteiger charge is -2.17. The zero-order chi connectivity index (χ0) is 17.6. The summed E-state index contributed by atoms with van der Waals surface area (Å²) in [6.45, 7) is 8.18. The molecule has 1 aromatic heterocycles. The summed E-state index contributed by atoms with van der Waals surface area (Å²) in [5.74, 6) is 0.725. The van der Waals surface area contributed by atoms with Crippen LogP contribution in [0.2, 0.25) is 0 Å². The van der Waals surface area contributed by atoms with Gasteiger partial charge in [0, 0.05) is 30.9 Å². The van der Waals surface area contributed by atoms with Crippen LogP contribution in [0.1, 0.15) is 34.5 Å². The third-order valence-electron chi connectivity index (χ3n) is 5.04. The average Bonchev–Trinajstić information content (AvgIpc) is 3.22. The van der Waals surface area contributed by atoms with Gasteiger partial charge in [0.25, 0.3) is 0 Å². The molecule has 25 heavy (non-hydrogen) atoms. The molecule has 4 nitrogen and oxygen atoms in total. The number of carbonyl (C=O) groups excluding carboxylic acids is 1. The maximum atomic E-state index is 12.1. The summed E-state index contributed by atoms with van der Waals surface area (Å²) < 4.78 is 0. The van der Waals surface area contributed by atoms with Crippen molar-refractivity contribution in [2.45, 2.75) is 39.7 Å². The maximum Gasteiger partial charge on any atom is 0.220 e. The summed E-state index contributed by atoms with van der Waals surface area (Å²) in [6.07, 6.45) is 2.52. The van der Waals surface area contributed by atoms with Crippen molar-refractivity contribution in [3.8, 4) is 0 Å². The van der Waals surface area contributed by atoms with Crippen molar-refractivity contribution in [3.63, 3.8) is 0 Å². The Morgan fingerprint density at radius 3 is 2.96 bits per heavy atom. The minimum atomic E-state index is 0.158. The van der Waals surface area contributed by atoms with E-state index in [0.29, 0.717) is 12.3 Å². The van der Waals surface area contributed by atoms with Crippen LogP contribution in [-0.2, 0) is 17.8 Å². The van der Waals surface area contributed by atoms with E-state index in [1.54, 1.807) is 11.3 Å². The van der Waals surface area contributed by atoms with Crippen molar-refractivity contribution < 1.29 is 4.79 Å². The van der Waals surface area contributed by atoms with Crippen LogP contribution in [0.3, 0.4) is 0 Å². The van der Waals surface area contributed by atoms with Crippen LogP contribution in [0.25, 0.3) is 0 Å². The van der Waals surface area contributed by atoms with Gasteiger partial charge in [0.1, 0.15) is 0 Å². The van der Waals surface area contributed by atoms with E-state index in [4.69, 9.17) is 0 Å². The predicted molar refractivity (Wildman–Crippen MR) is 103 cm³/mol. The number of nitrogens with zero attached hydrogens (tertiary/aromatic N) is 2. The first-order valence-electron chi connectivity index (χ1n) is 9.04. The fourth-order valence-electron chi connectivity index (χ4n) is 3.39. The van der Waals surface area contributed by atoms with Gasteiger partial charge in [0.15, 0.2) is 0 Å². The Hall–Kier alpha value is -1.72. The van der Waals surface area contributed by atoms with Gasteiger partial charge >= 0.3 is 0 Å². The first-order chi connectivity index (χ1) is 12.1. The fraction of sp³-hybridized carbons (Fsp3) is 0.500. The Morgan fingerprint density at radius 1 is 1.36 bits per heavy atom. The number of thiazole rings is 1. The van der Waals surface area contributed by atoms with Gasteiger partial charge in [0.05, 0.1) is 11.2 Å². The third-order valence-corrected chi connectivity index (χ3v) is 6.03. The van der Waals surface area contributed by atoms with Gasteiger partial charge < -0.3 is 5.32 Å². The second-order valence-corrected chi connectivity index (χ2v) is 7.92. The number of amides is 1. The van der Waals surface area contributed by atoms with Crippen molar-refractivity contribution in [1.82, 2.24) is 15.2 Å². The molecule has 134 valence electrons. The number of hydrogen-bond acceptors (Lipinski definition) is 4. The van der Waals surface area contributed by atoms with E-state index in [9.17, 15) is 4.79 Å². The van der Waals surface area contributed by atoms with Crippen molar-refractivity contribution >= 4 is 17.2 Å². The lowest BCUT2D eigenvalue weighted by atomic mass is 10.1. The first kappa shape index (κ1) is 18.1. The number of carbonyl (C=O) groups is 1. The molecule has 1 fully saturated rings. The van der Waals surface area contributed by atoms with Gasteiger partial charge in [-0.3, -0.25) is 9.69 Å². The number of hydrogen-bond donors (Lipinski definition) is 1. The lowest BCUT2D eigenvalue weighted by Crippen LogP contribution is -2.31. The molecule has 3 rings (SSSR count). The Balaban J connectivity index is 1.37. The molecular weight excluding hydrogens is 330 g/mol. The summed E-state index contributed by atoms with van der Waals surface area (Å²) in [7, 11) is 0. The molecule has 1 atom stereocenters. The second kappa shape index (κ2) is 8.59. The van der Waals surface area contributed by atoms with Crippen molar-refractivity contribution in [2.75, 3.05) is 19.6 Å². The molecule has 5 heteroatoms. The Bertz CT molecular complexity index is 712. The number of nitrogens with one attached hydrogen (secondary N) is 1. The normalized spacial score (nSPS) is 17.8. The topological polar surface area (TPSA) is 45.2 Å². The highest BCUT2D eigenvalue weighted by atomic mass is 32.1. The molecule has 0 radical (unpaired) electrons. The van der Waals surface area contributed by atoms with E-state index in [0.717, 1.165) is 38.3 Å². The van der Waals surface area contributed by atoms with E-state index in [1.165, 1.54) is 22.4 Å². The number of rotatable bonds is 7. The fourth-order valence-corrected chi connectivity index (χ4v) is 4.17. The van der Waals surface area contributed by atoms with E-state index in [-0.39, 0.29) is 5.91 Å². The van der Waals surface area contributed by atoms with E-state index in [1.807, 2.05) is 12.4 Å². The Labute approximate surface area is 154 Å². The smallest absolute Gasteiger partial charge is 0.220 e. The Morgan fingerprint density at radius 2 is 2.20 bits per heavy atom. The van der Waals surface area contributed by atoms with Crippen molar-refractivity contribution in [2.24, 2.45) is 5.92 Å². The zero-order valence-electron chi connectivity index (χ0n) is 15.1. The molecule has 1 aliphatic heterocycles. The van der Waals surface area contributed by atoms with Gasteiger partial charge in [-0.05, 0) is 50.3 Å². The van der Waals surface area contributed by atoms with Crippen LogP contribution < -0.4 is 5.32 Å². The first-order valence-corrected chi connectivity index (χ1v) is 9.92. The number of aromatic nitrogens is 1. The number of aryl methyl sites for hydroxylation is 3. The van der Waals surface area contributed by atoms with Gasteiger partial charge in [-0.25, -0.2) is 4.98 Å². The van der Waals surface area contributed by atoms with Gasteiger partial charge in [-0.2, -0.15) is 0 Å². The quantitative estimate of drug-likeness (QED) is 0.827. The summed E-state index contributed by atoms with van der Waals surface area (Å²) in [5.41, 5.74) is 5.68. The standard InChI is InChI=1S/C20H27N3OS/c1-15-5-3-4-6-18(15)13-23-10-9-17(12-23)11-21-20(24)8-7-19-16(2)22-14-25-19/h3-6,14,17H,7-13H2,1-2H3,(H,21,24). The summed E-state index contributed by atoms with van der Waals surface area (Å²) in [4.78, 5) is 20.0. The minimum Gasteiger partial charge on any atom is -0.356 e. The zero-order valence-corrected chi connectivity index (χ0v) is 15.9. The van der Waals surface area contributed by atoms with Crippen LogP contribution in [0.4, 0.5) is 0 Å². The highest BCUT2D eigenvalue weighted by molar-refractivity contribution is 7.09. The van der Waals surface area contributed by atoms with Gasteiger partial charge in [-0.1, -0.05) is 24.3 Å². The van der Waals surface area contributed by atoms with Crippen LogP contribution in [0.15, 0.2) is 29.8 Å². The molecule has 1 amide bonds. The van der Waals surface area contributed by atoms with Crippen molar-refractivity contribution in [3.05, 3.63) is 51.5 Å². The van der Waals surface area contributed by atoms with E-state index >= 15 is 0 Å². The second-order valence-electron chi connectivity index (χ2n) is 6.98. The summed E-state index contributed by atoms with van der Waals surface area (Å²) >= 11 is 1.64. The van der Waals surface area contributed by atoms with Crippen molar-refractivity contribution in [1.29, 1.82) is 0 Å². The van der Waals surface area contributed by atoms with E-state index < -0.39 is 0 Å². The number of benzene rings is 1. The molecule has 2 aromatic rings. The third kappa shape index (κ3) is 5.13. The molecule has 0 spiro atoms. The molecule has 1 unspecified atom stereocenters. The molecule has 2 heterocycles.